The van der Waals surface area contributed by atoms with Crippen LogP contribution in [-0.2, 0) is 50.4 Å². The van der Waals surface area contributed by atoms with Crippen molar-refractivity contribution in [2.45, 2.75) is 86.5 Å². The van der Waals surface area contributed by atoms with Crippen LogP contribution in [0.15, 0.2) is 277 Å². The van der Waals surface area contributed by atoms with Crippen molar-refractivity contribution in [2.75, 3.05) is 0 Å². The number of aliphatic hydroxyl groups excluding tert-OH is 1. The summed E-state index contributed by atoms with van der Waals surface area (Å²) in [5.74, 6) is 1.54. The smallest absolute Gasteiger partial charge is 0.512 e. The van der Waals surface area contributed by atoms with E-state index in [2.05, 4.69) is 258 Å². The summed E-state index contributed by atoms with van der Waals surface area (Å²) < 4.78 is 8.73. The predicted octanol–water partition coefficient (Wildman–Crippen LogP) is 23.3. The maximum atomic E-state index is 10.0. The Hall–Kier alpha value is -9.98. The van der Waals surface area contributed by atoms with Gasteiger partial charge >= 0.3 is 20.1 Å². The van der Waals surface area contributed by atoms with Crippen molar-refractivity contribution in [3.05, 3.63) is 326 Å². The third kappa shape index (κ3) is 17.4. The number of rotatable bonds is 9. The van der Waals surface area contributed by atoms with Crippen molar-refractivity contribution in [1.82, 2.24) is 19.5 Å². The number of ketones is 1. The fraction of sp³-hybridized carbons (Fsp3) is 0.146. The van der Waals surface area contributed by atoms with Crippen LogP contribution in [0.5, 0.6) is 0 Å². The monoisotopic (exact) mass is 1640 g/mol. The molecule has 0 bridgehead atoms. The SMILES string of the molecule is CC(=O)C=C(C)O.CC(C)(C)c1ccc(-c2[c-]ccc(-c3ccccc3)c2)nc1.CC(C)c1cccc(C(C)C)c1-n1c(-c2[c-]ccc3c2oc2ccccc23)nc2ccccc21.Cc1cc[c-]c(-c2cc3c(ccc4ccccc43)cn2)c1.[Ir+3].[Ir].[c-]1ccccc1-c1[c-]cccc1. The van der Waals surface area contributed by atoms with Gasteiger partial charge in [0.25, 0.3) is 0 Å². The van der Waals surface area contributed by atoms with Gasteiger partial charge in [0.2, 0.25) is 0 Å². The summed E-state index contributed by atoms with van der Waals surface area (Å²) in [6.45, 7) is 20.6. The molecule has 4 heterocycles. The van der Waals surface area contributed by atoms with Gasteiger partial charge in [-0.1, -0.05) is 200 Å². The molecule has 0 spiro atoms. The summed E-state index contributed by atoms with van der Waals surface area (Å²) in [6.07, 6.45) is 5.09. The van der Waals surface area contributed by atoms with Gasteiger partial charge < -0.3 is 24.1 Å². The van der Waals surface area contributed by atoms with Crippen molar-refractivity contribution in [3.8, 4) is 61.8 Å². The van der Waals surface area contributed by atoms with E-state index in [1.54, 1.807) is 0 Å². The van der Waals surface area contributed by atoms with Gasteiger partial charge in [-0.15, -0.1) is 101 Å². The Morgan fingerprint density at radius 2 is 1.11 bits per heavy atom. The number of fused-ring (bicyclic) bond motifs is 7. The maximum absolute atomic E-state index is 10.0. The van der Waals surface area contributed by atoms with E-state index >= 15 is 0 Å². The normalized spacial score (nSPS) is 11.1. The molecule has 7 nitrogen and oxygen atoms in total. The molecule has 0 atom stereocenters. The number of carbonyl (C=O) groups excluding carboxylic acids is 1. The Labute approximate surface area is 603 Å². The van der Waals surface area contributed by atoms with Gasteiger partial charge in [-0.05, 0) is 104 Å². The van der Waals surface area contributed by atoms with Crippen LogP contribution in [-0.4, -0.2) is 30.4 Å². The van der Waals surface area contributed by atoms with Crippen LogP contribution in [0.25, 0.3) is 116 Å². The minimum atomic E-state index is -0.125. The van der Waals surface area contributed by atoms with E-state index < -0.39 is 0 Å². The molecule has 11 aromatic carbocycles. The molecule has 0 unspecified atom stereocenters. The van der Waals surface area contributed by atoms with Gasteiger partial charge in [-0.2, -0.15) is 48.5 Å². The van der Waals surface area contributed by atoms with E-state index in [1.165, 1.54) is 80.5 Å². The van der Waals surface area contributed by atoms with E-state index in [4.69, 9.17) is 14.5 Å². The zero-order valence-electron chi connectivity index (χ0n) is 56.8. The molecule has 15 aromatic rings. The molecule has 0 fully saturated rings. The zero-order chi connectivity index (χ0) is 67.3. The number of furan rings is 1. The van der Waals surface area contributed by atoms with Crippen molar-refractivity contribution in [3.63, 3.8) is 0 Å². The van der Waals surface area contributed by atoms with Crippen molar-refractivity contribution < 1.29 is 54.5 Å². The number of pyridine rings is 2. The molecule has 0 saturated carbocycles. The number of allylic oxidation sites excluding steroid dienone is 2. The van der Waals surface area contributed by atoms with Gasteiger partial charge in [0.15, 0.2) is 5.78 Å². The quantitative estimate of drug-likeness (QED) is 0.0670. The van der Waals surface area contributed by atoms with Crippen LogP contribution in [0.2, 0.25) is 0 Å². The number of carbonyl (C=O) groups is 1. The van der Waals surface area contributed by atoms with E-state index in [0.717, 1.165) is 78.0 Å². The van der Waals surface area contributed by atoms with Gasteiger partial charge in [-0.25, -0.2) is 11.1 Å². The fourth-order valence-corrected chi connectivity index (χ4v) is 11.7. The van der Waals surface area contributed by atoms with E-state index in [1.807, 2.05) is 103 Å². The molecule has 0 aliphatic heterocycles. The minimum Gasteiger partial charge on any atom is -0.512 e. The summed E-state index contributed by atoms with van der Waals surface area (Å²) in [4.78, 5) is 24.4. The molecule has 15 rings (SSSR count). The van der Waals surface area contributed by atoms with Gasteiger partial charge in [-0.3, -0.25) is 9.78 Å². The van der Waals surface area contributed by atoms with Crippen LogP contribution < -0.4 is 0 Å². The Kier molecular flexibility index (Phi) is 24.6. The Bertz CT molecular complexity index is 5100. The van der Waals surface area contributed by atoms with Gasteiger partial charge in [0.05, 0.1) is 28.2 Å². The first-order valence-corrected chi connectivity index (χ1v) is 32.5. The molecule has 0 aliphatic rings. The average Bonchev–Trinajstić information content (AvgIpc) is 1.56. The number of aryl methyl sites for hydroxylation is 1. The third-order valence-electron chi connectivity index (χ3n) is 16.5. The Balaban J connectivity index is 0.000000154. The largest absolute Gasteiger partial charge is 3.00 e. The van der Waals surface area contributed by atoms with Crippen LogP contribution in [0, 0.1) is 37.3 Å². The number of hydrogen-bond acceptors (Lipinski definition) is 6. The van der Waals surface area contributed by atoms with Crippen molar-refractivity contribution >= 4 is 60.3 Å². The van der Waals surface area contributed by atoms with Crippen LogP contribution in [0.4, 0.5) is 0 Å². The number of imidazole rings is 1. The predicted molar refractivity (Wildman–Crippen MR) is 398 cm³/mol. The summed E-state index contributed by atoms with van der Waals surface area (Å²) in [7, 11) is 0. The zero-order valence-corrected chi connectivity index (χ0v) is 61.6. The van der Waals surface area contributed by atoms with E-state index in [-0.39, 0.29) is 57.2 Å². The van der Waals surface area contributed by atoms with Gasteiger partial charge in [0, 0.05) is 49.6 Å². The summed E-state index contributed by atoms with van der Waals surface area (Å²) >= 11 is 0. The Morgan fingerprint density at radius 1 is 0.520 bits per heavy atom. The second-order valence-electron chi connectivity index (χ2n) is 25.4. The molecule has 4 aromatic heterocycles. The number of aliphatic hydroxyl groups is 1. The molecule has 9 heteroatoms. The molecule has 98 heavy (non-hydrogen) atoms. The van der Waals surface area contributed by atoms with Gasteiger partial charge in [0.1, 0.15) is 5.58 Å². The standard InChI is InChI=1S/C31H27N2O.C21H20N.C20H14N.C12H8.C5H8O2.2Ir/c1-19(2)21-12-9-13-22(20(3)4)29(21)33-27-17-7-6-16-26(27)32-31(33)25-15-10-14-24-23-11-5-8-18-28(23)34-30(24)25;1-21(2,3)19-12-13-20(22-15-19)18-11-7-10-17(14-18)16-8-5-4-6-9-16;1-14-5-4-7-16(11-14)20-12-19-17(13-21-20)10-9-15-6-2-3-8-18(15)19;1-3-7-11(8-4-1)12-9-5-2-6-10-12;1-4(6)3-5(2)7;;/h5-14,16-20H,1-4H3;4-10,12-15H,1-3H3;2-6,8-13H,1H3;1-7,9H;3,6H,1-2H3;;/q3*-1;-2;;;+3. The summed E-state index contributed by atoms with van der Waals surface area (Å²) in [6, 6.07) is 101. The van der Waals surface area contributed by atoms with Crippen LogP contribution in [0.1, 0.15) is 96.4 Å². The Morgan fingerprint density at radius 3 is 1.73 bits per heavy atom. The number of benzene rings is 11. The molecule has 0 saturated heterocycles. The topological polar surface area (TPSA) is 94.0 Å². The molecular formula is C89H77Ir2N4O3-2. The number of hydrogen-bond donors (Lipinski definition) is 1. The summed E-state index contributed by atoms with van der Waals surface area (Å²) in [5, 5.41) is 15.5. The first-order chi connectivity index (χ1) is 46.5. The molecule has 1 N–H and O–H groups in total. The molecule has 0 aliphatic carbocycles. The van der Waals surface area contributed by atoms with Crippen molar-refractivity contribution in [2.24, 2.45) is 0 Å². The van der Waals surface area contributed by atoms with E-state index in [0.29, 0.717) is 11.8 Å². The number of para-hydroxylation sites is 4. The third-order valence-corrected chi connectivity index (χ3v) is 16.5. The molecular weight excluding hydrogens is 1560 g/mol. The van der Waals surface area contributed by atoms with Crippen molar-refractivity contribution in [1.29, 1.82) is 0 Å². The minimum absolute atomic E-state index is 0. The molecule has 491 valence electrons. The number of nitrogens with zero attached hydrogens (tertiary/aromatic N) is 4. The number of aromatic nitrogens is 4. The summed E-state index contributed by atoms with van der Waals surface area (Å²) in [5.41, 5.74) is 19.7. The second-order valence-corrected chi connectivity index (χ2v) is 25.4. The van der Waals surface area contributed by atoms with Crippen LogP contribution in [0.3, 0.4) is 0 Å². The first kappa shape index (κ1) is 72.3. The first-order valence-electron chi connectivity index (χ1n) is 32.5. The van der Waals surface area contributed by atoms with Crippen LogP contribution >= 0.6 is 0 Å². The molecule has 1 radical (unpaired) electrons. The fourth-order valence-electron chi connectivity index (χ4n) is 11.7. The second kappa shape index (κ2) is 33.3. The average molecular weight is 1640 g/mol. The van der Waals surface area contributed by atoms with E-state index in [9.17, 15) is 4.79 Å². The molecule has 0 amide bonds. The maximum Gasteiger partial charge on any atom is 3.00 e.